The number of aryl methyl sites for hydroxylation is 1. The summed E-state index contributed by atoms with van der Waals surface area (Å²) in [5.74, 6) is 4.89. The minimum absolute atomic E-state index is 0.0957. The molecule has 1 aliphatic heterocycles. The lowest BCUT2D eigenvalue weighted by Crippen LogP contribution is -2.46. The van der Waals surface area contributed by atoms with Crippen molar-refractivity contribution in [3.8, 4) is 5.75 Å². The van der Waals surface area contributed by atoms with Gasteiger partial charge in [-0.2, -0.15) is 5.10 Å². The lowest BCUT2D eigenvalue weighted by atomic mass is 10.0. The summed E-state index contributed by atoms with van der Waals surface area (Å²) in [6.07, 6.45) is 3.13. The number of rotatable bonds is 6. The minimum Gasteiger partial charge on any atom is -0.504 e. The quantitative estimate of drug-likeness (QED) is 0.326. The van der Waals surface area contributed by atoms with E-state index in [0.29, 0.717) is 49.5 Å². The van der Waals surface area contributed by atoms with Gasteiger partial charge in [-0.15, -0.1) is 0 Å². The molecule has 2 aromatic heterocycles. The number of hydrogen-bond donors (Lipinski definition) is 2. The van der Waals surface area contributed by atoms with Crippen molar-refractivity contribution in [3.05, 3.63) is 64.7 Å². The van der Waals surface area contributed by atoms with Crippen molar-refractivity contribution in [3.63, 3.8) is 0 Å². The zero-order valence-electron chi connectivity index (χ0n) is 18.7. The van der Waals surface area contributed by atoms with Gasteiger partial charge in [0.15, 0.2) is 16.9 Å². The lowest BCUT2D eigenvalue weighted by molar-refractivity contribution is 0.0698. The maximum absolute atomic E-state index is 13.3. The van der Waals surface area contributed by atoms with Gasteiger partial charge in [0, 0.05) is 32.0 Å². The van der Waals surface area contributed by atoms with Gasteiger partial charge < -0.3 is 25.0 Å². The first kappa shape index (κ1) is 23.0. The van der Waals surface area contributed by atoms with Gasteiger partial charge in [-0.05, 0) is 55.5 Å². The summed E-state index contributed by atoms with van der Waals surface area (Å²) in [6.45, 7) is 4.71. The molecule has 1 amide bonds. The molecular weight excluding hydrogens is 444 g/mol. The molecule has 0 fully saturated rings. The molecule has 0 atom stereocenters. The molecule has 174 valence electrons. The molecule has 1 aromatic carbocycles. The number of benzene rings is 1. The van der Waals surface area contributed by atoms with Crippen molar-refractivity contribution in [2.45, 2.75) is 19.4 Å². The molecule has 0 saturated carbocycles. The first-order valence-electron chi connectivity index (χ1n) is 10.7. The van der Waals surface area contributed by atoms with Gasteiger partial charge in [0.25, 0.3) is 5.91 Å². The standard InChI is InChI=1S/C23H27FN5O3P/c1-33(2,32)14-9-16-7-10-26-19-18(16)22(27-25)29-13-12-28(23(31)20(29)21(19)30)11-8-15-3-5-17(24)6-4-15/h3-7,10,30H,8-9,11-14,25H2,1-2H3/b27-22+. The zero-order valence-corrected chi connectivity index (χ0v) is 19.6. The first-order chi connectivity index (χ1) is 15.7. The number of halogens is 1. The molecule has 0 bridgehead atoms. The fourth-order valence-corrected chi connectivity index (χ4v) is 4.96. The number of hydrogen-bond acceptors (Lipinski definition) is 6. The third kappa shape index (κ3) is 4.64. The minimum atomic E-state index is -2.25. The fourth-order valence-electron chi connectivity index (χ4n) is 4.18. The summed E-state index contributed by atoms with van der Waals surface area (Å²) in [4.78, 5) is 19.3. The molecule has 0 saturated heterocycles. The average Bonchev–Trinajstić information content (AvgIpc) is 2.78. The van der Waals surface area contributed by atoms with E-state index in [4.69, 9.17) is 5.84 Å². The Hall–Kier alpha value is -3.19. The van der Waals surface area contributed by atoms with Gasteiger partial charge in [0.05, 0.1) is 12.5 Å². The molecule has 0 spiro atoms. The number of pyridine rings is 2. The Balaban J connectivity index is 1.72. The van der Waals surface area contributed by atoms with Crippen LogP contribution >= 0.6 is 7.14 Å². The van der Waals surface area contributed by atoms with Crippen LogP contribution in [0.5, 0.6) is 5.75 Å². The van der Waals surface area contributed by atoms with Crippen LogP contribution in [0, 0.1) is 5.82 Å². The Labute approximate surface area is 190 Å². The van der Waals surface area contributed by atoms with Crippen molar-refractivity contribution < 1.29 is 18.9 Å². The fraction of sp³-hybridized carbons (Fsp3) is 0.348. The Kier molecular flexibility index (Phi) is 6.26. The topological polar surface area (TPSA) is 114 Å². The lowest BCUT2D eigenvalue weighted by Gasteiger charge is -2.31. The van der Waals surface area contributed by atoms with Gasteiger partial charge in [0.1, 0.15) is 11.3 Å². The molecule has 0 radical (unpaired) electrons. The number of aromatic nitrogens is 2. The average molecular weight is 471 g/mol. The van der Waals surface area contributed by atoms with E-state index in [-0.39, 0.29) is 28.7 Å². The third-order valence-electron chi connectivity index (χ3n) is 5.94. The van der Waals surface area contributed by atoms with Crippen LogP contribution < -0.4 is 11.3 Å². The van der Waals surface area contributed by atoms with Crippen LogP contribution in [-0.4, -0.2) is 58.0 Å². The number of nitrogens with two attached hydrogens (primary N) is 1. The summed E-state index contributed by atoms with van der Waals surface area (Å²) in [7, 11) is -2.25. The summed E-state index contributed by atoms with van der Waals surface area (Å²) in [6, 6.07) is 7.98. The predicted octanol–water partition coefficient (Wildman–Crippen LogP) is 2.52. The number of amides is 1. The van der Waals surface area contributed by atoms with E-state index in [9.17, 15) is 18.9 Å². The summed E-state index contributed by atoms with van der Waals surface area (Å²) >= 11 is 0. The molecule has 3 heterocycles. The molecular formula is C23H27FN5O3P. The Morgan fingerprint density at radius 2 is 1.91 bits per heavy atom. The second-order valence-corrected chi connectivity index (χ2v) is 12.3. The molecule has 33 heavy (non-hydrogen) atoms. The Morgan fingerprint density at radius 3 is 2.58 bits per heavy atom. The van der Waals surface area contributed by atoms with Crippen LogP contribution in [0.3, 0.4) is 0 Å². The maximum atomic E-state index is 13.3. The van der Waals surface area contributed by atoms with Gasteiger partial charge in [-0.25, -0.2) is 4.39 Å². The van der Waals surface area contributed by atoms with E-state index in [1.807, 2.05) is 0 Å². The van der Waals surface area contributed by atoms with Crippen LogP contribution in [0.25, 0.3) is 10.9 Å². The monoisotopic (exact) mass is 471 g/mol. The maximum Gasteiger partial charge on any atom is 0.274 e. The van der Waals surface area contributed by atoms with Crippen molar-refractivity contribution in [2.24, 2.45) is 10.9 Å². The van der Waals surface area contributed by atoms with Crippen molar-refractivity contribution >= 4 is 24.0 Å². The van der Waals surface area contributed by atoms with Gasteiger partial charge in [-0.1, -0.05) is 12.1 Å². The van der Waals surface area contributed by atoms with Crippen LogP contribution in [-0.2, 0) is 24.0 Å². The molecule has 0 aliphatic carbocycles. The van der Waals surface area contributed by atoms with Gasteiger partial charge >= 0.3 is 0 Å². The highest BCUT2D eigenvalue weighted by atomic mass is 31.2. The summed E-state index contributed by atoms with van der Waals surface area (Å²) in [5.41, 5.74) is 2.45. The van der Waals surface area contributed by atoms with E-state index < -0.39 is 7.14 Å². The molecule has 8 nitrogen and oxygen atoms in total. The number of fused-ring (bicyclic) bond motifs is 2. The molecule has 0 unspecified atom stereocenters. The highest BCUT2D eigenvalue weighted by Gasteiger charge is 2.30. The molecule has 1 aliphatic rings. The Morgan fingerprint density at radius 1 is 1.18 bits per heavy atom. The number of aromatic hydroxyl groups is 1. The van der Waals surface area contributed by atoms with Crippen molar-refractivity contribution in [2.75, 3.05) is 32.6 Å². The van der Waals surface area contributed by atoms with Crippen LogP contribution in [0.1, 0.15) is 21.6 Å². The van der Waals surface area contributed by atoms with Crippen LogP contribution in [0.15, 0.2) is 41.6 Å². The molecule has 4 rings (SSSR count). The van der Waals surface area contributed by atoms with E-state index in [0.717, 1.165) is 11.1 Å². The number of carbonyl (C=O) groups excluding carboxylic acids is 1. The van der Waals surface area contributed by atoms with Crippen LogP contribution in [0.4, 0.5) is 4.39 Å². The number of carbonyl (C=O) groups is 1. The number of nitrogens with zero attached hydrogens (tertiary/aromatic N) is 4. The summed E-state index contributed by atoms with van der Waals surface area (Å²) in [5, 5.41) is 15.6. The summed E-state index contributed by atoms with van der Waals surface area (Å²) < 4.78 is 27.0. The molecule has 3 N–H and O–H groups in total. The first-order valence-corrected chi connectivity index (χ1v) is 13.5. The third-order valence-corrected chi connectivity index (χ3v) is 7.24. The zero-order chi connectivity index (χ0) is 23.8. The van der Waals surface area contributed by atoms with E-state index in [2.05, 4.69) is 10.1 Å². The Bertz CT molecular complexity index is 1330. The van der Waals surface area contributed by atoms with E-state index >= 15 is 0 Å². The predicted molar refractivity (Wildman–Crippen MR) is 125 cm³/mol. The van der Waals surface area contributed by atoms with Crippen LogP contribution in [0.2, 0.25) is 0 Å². The SMILES string of the molecule is CP(C)(=O)CCc1ccnc2c(O)c3n(/c(=N/N)c12)CCN(CCc1ccc(F)cc1)C3=O. The second kappa shape index (κ2) is 8.98. The highest BCUT2D eigenvalue weighted by molar-refractivity contribution is 7.62. The highest BCUT2D eigenvalue weighted by Crippen LogP contribution is 2.37. The van der Waals surface area contributed by atoms with Crippen molar-refractivity contribution in [1.82, 2.24) is 14.5 Å². The van der Waals surface area contributed by atoms with Gasteiger partial charge in [0.2, 0.25) is 0 Å². The molecule has 3 aromatic rings. The van der Waals surface area contributed by atoms with Gasteiger partial charge in [-0.3, -0.25) is 9.78 Å². The largest absolute Gasteiger partial charge is 0.504 e. The molecule has 10 heteroatoms. The normalized spacial score (nSPS) is 14.7. The van der Waals surface area contributed by atoms with E-state index in [1.165, 1.54) is 12.1 Å². The second-order valence-electron chi connectivity index (χ2n) is 8.71. The van der Waals surface area contributed by atoms with Crippen molar-refractivity contribution in [1.29, 1.82) is 0 Å². The van der Waals surface area contributed by atoms with E-state index in [1.54, 1.807) is 47.2 Å². The smallest absolute Gasteiger partial charge is 0.274 e.